The van der Waals surface area contributed by atoms with Crippen LogP contribution in [0, 0.1) is 11.6 Å². The summed E-state index contributed by atoms with van der Waals surface area (Å²) >= 11 is 6.23. The Morgan fingerprint density at radius 2 is 1.79 bits per heavy atom. The summed E-state index contributed by atoms with van der Waals surface area (Å²) in [5.41, 5.74) is 0.0226. The normalized spacial score (nSPS) is 23.2. The molecule has 0 aromatic heterocycles. The lowest BCUT2D eigenvalue weighted by Crippen LogP contribution is -2.44. The zero-order chi connectivity index (χ0) is 14.0. The van der Waals surface area contributed by atoms with Crippen molar-refractivity contribution in [3.05, 3.63) is 35.4 Å². The fourth-order valence-electron chi connectivity index (χ4n) is 2.53. The maximum Gasteiger partial charge on any atom is 0.254 e. The molecular weight excluding hydrogens is 272 g/mol. The Kier molecular flexibility index (Phi) is 4.40. The third kappa shape index (κ3) is 3.24. The second kappa shape index (κ2) is 5.87. The van der Waals surface area contributed by atoms with Gasteiger partial charge >= 0.3 is 0 Å². The topological polar surface area (TPSA) is 20.3 Å². The summed E-state index contributed by atoms with van der Waals surface area (Å²) in [7, 11) is 1.64. The van der Waals surface area contributed by atoms with Gasteiger partial charge in [0.25, 0.3) is 5.91 Å². The van der Waals surface area contributed by atoms with Gasteiger partial charge in [-0.1, -0.05) is 12.8 Å². The number of hydrogen-bond donors (Lipinski definition) is 0. The minimum Gasteiger partial charge on any atom is -0.337 e. The van der Waals surface area contributed by atoms with Crippen molar-refractivity contribution < 1.29 is 13.6 Å². The monoisotopic (exact) mass is 287 g/mol. The predicted octanol–water partition coefficient (Wildman–Crippen LogP) is 3.59. The molecule has 1 saturated carbocycles. The molecule has 1 aliphatic rings. The van der Waals surface area contributed by atoms with Gasteiger partial charge in [0.05, 0.1) is 5.38 Å². The number of rotatable bonds is 2. The van der Waals surface area contributed by atoms with E-state index in [1.807, 2.05) is 0 Å². The summed E-state index contributed by atoms with van der Waals surface area (Å²) in [6, 6.07) is 2.78. The van der Waals surface area contributed by atoms with Gasteiger partial charge in [0, 0.05) is 24.7 Å². The van der Waals surface area contributed by atoms with Crippen molar-refractivity contribution in [1.82, 2.24) is 4.90 Å². The molecule has 0 heterocycles. The number of benzene rings is 1. The Morgan fingerprint density at radius 1 is 1.21 bits per heavy atom. The van der Waals surface area contributed by atoms with Crippen LogP contribution in [-0.4, -0.2) is 29.3 Å². The van der Waals surface area contributed by atoms with E-state index in [2.05, 4.69) is 0 Å². The summed E-state index contributed by atoms with van der Waals surface area (Å²) in [5, 5.41) is -0.0962. The van der Waals surface area contributed by atoms with Crippen molar-refractivity contribution >= 4 is 17.5 Å². The quantitative estimate of drug-likeness (QED) is 0.761. The molecular formula is C14H16ClF2NO. The summed E-state index contributed by atoms with van der Waals surface area (Å²) in [5.74, 6) is -1.89. The van der Waals surface area contributed by atoms with E-state index in [-0.39, 0.29) is 17.0 Å². The van der Waals surface area contributed by atoms with E-state index in [0.717, 1.165) is 43.9 Å². The Bertz CT molecular complexity index is 460. The average Bonchev–Trinajstić information content (AvgIpc) is 2.36. The average molecular weight is 288 g/mol. The van der Waals surface area contributed by atoms with Gasteiger partial charge in [-0.3, -0.25) is 4.79 Å². The highest BCUT2D eigenvalue weighted by molar-refractivity contribution is 6.21. The molecule has 0 spiro atoms. The SMILES string of the molecule is CN(C(=O)c1cc(F)cc(F)c1)C1CCCCC1Cl. The van der Waals surface area contributed by atoms with Gasteiger partial charge < -0.3 is 4.90 Å². The Labute approximate surface area is 116 Å². The highest BCUT2D eigenvalue weighted by atomic mass is 35.5. The molecule has 2 nitrogen and oxygen atoms in total. The van der Waals surface area contributed by atoms with E-state index in [4.69, 9.17) is 11.6 Å². The molecule has 19 heavy (non-hydrogen) atoms. The molecule has 0 radical (unpaired) electrons. The Balaban J connectivity index is 2.18. The maximum absolute atomic E-state index is 13.1. The largest absolute Gasteiger partial charge is 0.337 e. The van der Waals surface area contributed by atoms with Crippen LogP contribution in [0.1, 0.15) is 36.0 Å². The number of halogens is 3. The van der Waals surface area contributed by atoms with Crippen molar-refractivity contribution in [1.29, 1.82) is 0 Å². The van der Waals surface area contributed by atoms with E-state index in [1.165, 1.54) is 4.90 Å². The lowest BCUT2D eigenvalue weighted by Gasteiger charge is -2.35. The van der Waals surface area contributed by atoms with Crippen LogP contribution >= 0.6 is 11.6 Å². The van der Waals surface area contributed by atoms with E-state index in [9.17, 15) is 13.6 Å². The smallest absolute Gasteiger partial charge is 0.254 e. The van der Waals surface area contributed by atoms with Gasteiger partial charge in [-0.15, -0.1) is 11.6 Å². The molecule has 2 atom stereocenters. The van der Waals surface area contributed by atoms with Gasteiger partial charge in [-0.05, 0) is 25.0 Å². The van der Waals surface area contributed by atoms with E-state index >= 15 is 0 Å². The van der Waals surface area contributed by atoms with Crippen LogP contribution in [0.4, 0.5) is 8.78 Å². The van der Waals surface area contributed by atoms with Crippen molar-refractivity contribution in [2.75, 3.05) is 7.05 Å². The van der Waals surface area contributed by atoms with Crippen LogP contribution in [-0.2, 0) is 0 Å². The van der Waals surface area contributed by atoms with E-state index in [1.54, 1.807) is 7.05 Å². The van der Waals surface area contributed by atoms with Crippen LogP contribution in [0.15, 0.2) is 18.2 Å². The third-order valence-electron chi connectivity index (χ3n) is 3.57. The Hall–Kier alpha value is -1.16. The number of carbonyl (C=O) groups excluding carboxylic acids is 1. The molecule has 104 valence electrons. The first kappa shape index (κ1) is 14.3. The number of amides is 1. The molecule has 0 saturated heterocycles. The standard InChI is InChI=1S/C14H16ClF2NO/c1-18(13-5-3-2-4-12(13)15)14(19)9-6-10(16)8-11(17)7-9/h6-8,12-13H,2-5H2,1H3. The number of carbonyl (C=O) groups is 1. The number of alkyl halides is 1. The van der Waals surface area contributed by atoms with Gasteiger partial charge in [-0.25, -0.2) is 8.78 Å². The van der Waals surface area contributed by atoms with Gasteiger partial charge in [0.1, 0.15) is 11.6 Å². The molecule has 0 bridgehead atoms. The molecule has 1 aliphatic carbocycles. The number of hydrogen-bond acceptors (Lipinski definition) is 1. The fraction of sp³-hybridized carbons (Fsp3) is 0.500. The highest BCUT2D eigenvalue weighted by Crippen LogP contribution is 2.27. The van der Waals surface area contributed by atoms with Crippen molar-refractivity contribution in [3.63, 3.8) is 0 Å². The fourth-order valence-corrected chi connectivity index (χ4v) is 2.98. The van der Waals surface area contributed by atoms with Crippen LogP contribution in [0.5, 0.6) is 0 Å². The molecule has 2 unspecified atom stereocenters. The van der Waals surface area contributed by atoms with Crippen LogP contribution in [0.3, 0.4) is 0 Å². The maximum atomic E-state index is 13.1. The first-order valence-corrected chi connectivity index (χ1v) is 6.80. The molecule has 1 fully saturated rings. The molecule has 1 aromatic carbocycles. The van der Waals surface area contributed by atoms with Crippen LogP contribution in [0.2, 0.25) is 0 Å². The van der Waals surface area contributed by atoms with E-state index < -0.39 is 17.5 Å². The highest BCUT2D eigenvalue weighted by Gasteiger charge is 2.30. The lowest BCUT2D eigenvalue weighted by atomic mass is 9.93. The van der Waals surface area contributed by atoms with Crippen LogP contribution in [0.25, 0.3) is 0 Å². The van der Waals surface area contributed by atoms with E-state index in [0.29, 0.717) is 0 Å². The third-order valence-corrected chi connectivity index (χ3v) is 4.08. The molecule has 0 N–H and O–H groups in total. The van der Waals surface area contributed by atoms with Gasteiger partial charge in [0.2, 0.25) is 0 Å². The zero-order valence-electron chi connectivity index (χ0n) is 10.7. The minimum atomic E-state index is -0.747. The molecule has 1 amide bonds. The summed E-state index contributed by atoms with van der Waals surface area (Å²) in [6.45, 7) is 0. The lowest BCUT2D eigenvalue weighted by molar-refractivity contribution is 0.0699. The zero-order valence-corrected chi connectivity index (χ0v) is 11.5. The van der Waals surface area contributed by atoms with Gasteiger partial charge in [0.15, 0.2) is 0 Å². The Morgan fingerprint density at radius 3 is 2.37 bits per heavy atom. The van der Waals surface area contributed by atoms with Crippen LogP contribution < -0.4 is 0 Å². The molecule has 1 aromatic rings. The predicted molar refractivity (Wildman–Crippen MR) is 70.3 cm³/mol. The van der Waals surface area contributed by atoms with Gasteiger partial charge in [-0.2, -0.15) is 0 Å². The summed E-state index contributed by atoms with van der Waals surface area (Å²) < 4.78 is 26.3. The van der Waals surface area contributed by atoms with Crippen molar-refractivity contribution in [2.45, 2.75) is 37.1 Å². The second-order valence-electron chi connectivity index (χ2n) is 4.94. The summed E-state index contributed by atoms with van der Waals surface area (Å²) in [6.07, 6.45) is 3.76. The molecule has 2 rings (SSSR count). The molecule has 5 heteroatoms. The van der Waals surface area contributed by atoms with Crippen molar-refractivity contribution in [2.24, 2.45) is 0 Å². The first-order valence-electron chi connectivity index (χ1n) is 6.36. The number of nitrogens with zero attached hydrogens (tertiary/aromatic N) is 1. The second-order valence-corrected chi connectivity index (χ2v) is 5.50. The minimum absolute atomic E-state index is 0.0226. The molecule has 0 aliphatic heterocycles. The van der Waals surface area contributed by atoms with Crippen molar-refractivity contribution in [3.8, 4) is 0 Å². The first-order chi connectivity index (χ1) is 8.99. The summed E-state index contributed by atoms with van der Waals surface area (Å²) in [4.78, 5) is 13.7.